The standard InChI is InChI=1S/C28H33ClN8O/c1-35-13-15-36(16-14-35)22-9-7-20(8-10-22)32-28-33-26-25(23(29)17-30-26)27(34-28)31-21-3-2-12-37(18-21)24(38)11-6-19-4-5-19/h7-10,17,19,21H,2-5,12-16,18H2,1H3,(H3,30,31,32,33,34). The highest BCUT2D eigenvalue weighted by molar-refractivity contribution is 6.36. The minimum absolute atomic E-state index is 0.0511. The summed E-state index contributed by atoms with van der Waals surface area (Å²) in [5.41, 5.74) is 2.79. The quantitative estimate of drug-likeness (QED) is 0.429. The zero-order chi connectivity index (χ0) is 26.1. The lowest BCUT2D eigenvalue weighted by molar-refractivity contribution is -0.126. The smallest absolute Gasteiger partial charge is 0.298 e. The van der Waals surface area contributed by atoms with Gasteiger partial charge >= 0.3 is 0 Å². The Balaban J connectivity index is 1.17. The molecule has 3 aliphatic rings. The lowest BCUT2D eigenvalue weighted by atomic mass is 10.1. The van der Waals surface area contributed by atoms with Crippen LogP contribution in [0.2, 0.25) is 5.02 Å². The monoisotopic (exact) mass is 532 g/mol. The summed E-state index contributed by atoms with van der Waals surface area (Å²) in [6, 6.07) is 8.44. The molecule has 198 valence electrons. The average Bonchev–Trinajstić information content (AvgIpc) is 3.69. The van der Waals surface area contributed by atoms with Gasteiger partial charge in [-0.2, -0.15) is 9.97 Å². The fourth-order valence-electron chi connectivity index (χ4n) is 5.05. The minimum Gasteiger partial charge on any atom is -0.369 e. The second-order valence-electron chi connectivity index (χ2n) is 10.5. The number of amides is 1. The Labute approximate surface area is 227 Å². The fraction of sp³-hybridized carbons (Fsp3) is 0.464. The number of likely N-dealkylation sites (N-methyl/N-ethyl adjacent to an activating group) is 1. The van der Waals surface area contributed by atoms with Crippen molar-refractivity contribution in [3.63, 3.8) is 0 Å². The van der Waals surface area contributed by atoms with E-state index in [0.717, 1.165) is 69.5 Å². The molecule has 2 saturated heterocycles. The Hall–Kier alpha value is -3.48. The number of carbonyl (C=O) groups excluding carboxylic acids is 1. The van der Waals surface area contributed by atoms with Gasteiger partial charge in [0.15, 0.2) is 0 Å². The molecule has 3 aromatic rings. The van der Waals surface area contributed by atoms with Gasteiger partial charge < -0.3 is 30.3 Å². The Bertz CT molecular complexity index is 1370. The van der Waals surface area contributed by atoms with Crippen LogP contribution in [0.4, 0.5) is 23.1 Å². The third-order valence-corrected chi connectivity index (χ3v) is 7.78. The topological polar surface area (TPSA) is 92.4 Å². The first-order valence-corrected chi connectivity index (χ1v) is 13.8. The molecule has 0 spiro atoms. The number of hydrogen-bond acceptors (Lipinski definition) is 7. The SMILES string of the molecule is CN1CCN(c2ccc(Nc3nc(NC4CCCN(C(=O)C#CC5CC5)C4)c4c(Cl)c[nH]c4n3)cc2)CC1. The van der Waals surface area contributed by atoms with Gasteiger partial charge in [0.2, 0.25) is 5.95 Å². The van der Waals surface area contributed by atoms with Crippen LogP contribution >= 0.6 is 11.6 Å². The number of rotatable bonds is 5. The van der Waals surface area contributed by atoms with E-state index in [4.69, 9.17) is 16.6 Å². The Morgan fingerprint density at radius 2 is 1.87 bits per heavy atom. The average molecular weight is 533 g/mol. The number of benzene rings is 1. The highest BCUT2D eigenvalue weighted by Crippen LogP contribution is 2.31. The zero-order valence-electron chi connectivity index (χ0n) is 21.6. The van der Waals surface area contributed by atoms with Crippen molar-refractivity contribution >= 4 is 51.7 Å². The summed E-state index contributed by atoms with van der Waals surface area (Å²) in [6.45, 7) is 5.53. The molecule has 2 aliphatic heterocycles. The Morgan fingerprint density at radius 3 is 2.63 bits per heavy atom. The van der Waals surface area contributed by atoms with E-state index in [1.54, 1.807) is 6.20 Å². The van der Waals surface area contributed by atoms with Gasteiger partial charge in [-0.3, -0.25) is 4.79 Å². The maximum absolute atomic E-state index is 12.6. The molecule has 9 nitrogen and oxygen atoms in total. The summed E-state index contributed by atoms with van der Waals surface area (Å²) < 4.78 is 0. The number of piperidine rings is 1. The molecule has 3 N–H and O–H groups in total. The van der Waals surface area contributed by atoms with E-state index >= 15 is 0 Å². The van der Waals surface area contributed by atoms with E-state index in [9.17, 15) is 4.79 Å². The number of H-pyrrole nitrogens is 1. The van der Waals surface area contributed by atoms with Crippen LogP contribution in [0, 0.1) is 17.8 Å². The summed E-state index contributed by atoms with van der Waals surface area (Å²) >= 11 is 6.50. The number of likely N-dealkylation sites (tertiary alicyclic amines) is 1. The highest BCUT2D eigenvalue weighted by atomic mass is 35.5. The molecule has 1 amide bonds. The predicted octanol–water partition coefficient (Wildman–Crippen LogP) is 3.92. The van der Waals surface area contributed by atoms with Crippen molar-refractivity contribution in [1.82, 2.24) is 24.8 Å². The first kappa shape index (κ1) is 24.8. The van der Waals surface area contributed by atoms with E-state index < -0.39 is 0 Å². The first-order valence-electron chi connectivity index (χ1n) is 13.4. The van der Waals surface area contributed by atoms with E-state index in [-0.39, 0.29) is 11.9 Å². The summed E-state index contributed by atoms with van der Waals surface area (Å²) in [5, 5.41) is 8.20. The number of aromatic amines is 1. The molecular formula is C28H33ClN8O. The van der Waals surface area contributed by atoms with Gasteiger partial charge in [-0.1, -0.05) is 17.5 Å². The summed E-state index contributed by atoms with van der Waals surface area (Å²) in [4.78, 5) is 31.8. The third-order valence-electron chi connectivity index (χ3n) is 7.49. The van der Waals surface area contributed by atoms with Crippen molar-refractivity contribution in [3.8, 4) is 11.8 Å². The van der Waals surface area contributed by atoms with E-state index in [1.807, 2.05) is 4.90 Å². The molecule has 4 heterocycles. The lowest BCUT2D eigenvalue weighted by Crippen LogP contribution is -2.44. The number of piperazine rings is 1. The van der Waals surface area contributed by atoms with Crippen LogP contribution in [0.5, 0.6) is 0 Å². The second-order valence-corrected chi connectivity index (χ2v) is 10.9. The van der Waals surface area contributed by atoms with Crippen molar-refractivity contribution in [3.05, 3.63) is 35.5 Å². The predicted molar refractivity (Wildman–Crippen MR) is 152 cm³/mol. The van der Waals surface area contributed by atoms with Crippen molar-refractivity contribution < 1.29 is 4.79 Å². The molecule has 0 bridgehead atoms. The van der Waals surface area contributed by atoms with Crippen LogP contribution in [0.25, 0.3) is 11.0 Å². The van der Waals surface area contributed by atoms with E-state index in [0.29, 0.717) is 34.9 Å². The molecule has 1 atom stereocenters. The summed E-state index contributed by atoms with van der Waals surface area (Å²) in [5.74, 6) is 7.38. The Kier molecular flexibility index (Phi) is 7.00. The number of hydrogen-bond donors (Lipinski definition) is 3. The van der Waals surface area contributed by atoms with Gasteiger partial charge in [-0.25, -0.2) is 0 Å². The molecule has 1 saturated carbocycles. The lowest BCUT2D eigenvalue weighted by Gasteiger charge is -2.34. The van der Waals surface area contributed by atoms with Crippen LogP contribution in [0.3, 0.4) is 0 Å². The first-order chi connectivity index (χ1) is 18.5. The third kappa shape index (κ3) is 5.66. The molecule has 1 unspecified atom stereocenters. The number of anilines is 4. The molecular weight excluding hydrogens is 500 g/mol. The van der Waals surface area contributed by atoms with Gasteiger partial charge in [0.05, 0.1) is 10.4 Å². The fourth-order valence-corrected chi connectivity index (χ4v) is 5.28. The van der Waals surface area contributed by atoms with Crippen LogP contribution in [0.15, 0.2) is 30.5 Å². The van der Waals surface area contributed by atoms with E-state index in [1.165, 1.54) is 5.69 Å². The van der Waals surface area contributed by atoms with Gasteiger partial charge in [0.1, 0.15) is 11.5 Å². The highest BCUT2D eigenvalue weighted by Gasteiger charge is 2.25. The van der Waals surface area contributed by atoms with Gasteiger partial charge in [0.25, 0.3) is 5.91 Å². The molecule has 6 rings (SSSR count). The second kappa shape index (κ2) is 10.7. The van der Waals surface area contributed by atoms with E-state index in [2.05, 4.69) is 73.6 Å². The summed E-state index contributed by atoms with van der Waals surface area (Å²) in [6.07, 6.45) is 5.80. The van der Waals surface area contributed by atoms with Crippen molar-refractivity contribution in [2.24, 2.45) is 5.92 Å². The normalized spacial score (nSPS) is 20.2. The molecule has 2 aromatic heterocycles. The van der Waals surface area contributed by atoms with Crippen LogP contribution < -0.4 is 15.5 Å². The maximum Gasteiger partial charge on any atom is 0.298 e. The Morgan fingerprint density at radius 1 is 1.08 bits per heavy atom. The van der Waals surface area contributed by atoms with Gasteiger partial charge in [-0.15, -0.1) is 0 Å². The number of nitrogens with zero attached hydrogens (tertiary/aromatic N) is 5. The largest absolute Gasteiger partial charge is 0.369 e. The molecule has 38 heavy (non-hydrogen) atoms. The van der Waals surface area contributed by atoms with Crippen molar-refractivity contribution in [2.75, 3.05) is 61.8 Å². The number of halogens is 1. The van der Waals surface area contributed by atoms with Crippen LogP contribution in [-0.4, -0.2) is 83.0 Å². The van der Waals surface area contributed by atoms with Crippen molar-refractivity contribution in [1.29, 1.82) is 0 Å². The number of carbonyl (C=O) groups is 1. The number of fused-ring (bicyclic) bond motifs is 1. The van der Waals surface area contributed by atoms with Crippen LogP contribution in [-0.2, 0) is 4.79 Å². The van der Waals surface area contributed by atoms with Gasteiger partial charge in [0, 0.05) is 68.8 Å². The maximum atomic E-state index is 12.6. The van der Waals surface area contributed by atoms with Gasteiger partial charge in [-0.05, 0) is 62.9 Å². The number of aromatic nitrogens is 3. The minimum atomic E-state index is -0.0849. The molecule has 1 aromatic carbocycles. The van der Waals surface area contributed by atoms with Crippen molar-refractivity contribution in [2.45, 2.75) is 31.7 Å². The molecule has 10 heteroatoms. The number of nitrogens with one attached hydrogen (secondary N) is 3. The molecule has 0 radical (unpaired) electrons. The van der Waals surface area contributed by atoms with Crippen LogP contribution in [0.1, 0.15) is 25.7 Å². The zero-order valence-corrected chi connectivity index (χ0v) is 22.4. The summed E-state index contributed by atoms with van der Waals surface area (Å²) in [7, 11) is 2.16. The molecule has 1 aliphatic carbocycles. The molecule has 3 fully saturated rings.